The molecule has 4 rings (SSSR count). The van der Waals surface area contributed by atoms with Gasteiger partial charge in [0.2, 0.25) is 0 Å². The molecule has 0 aromatic carbocycles. The minimum absolute atomic E-state index is 0.141. The molecule has 0 bridgehead atoms. The maximum atomic E-state index is 11.8. The smallest absolute Gasteiger partial charge is 0.307 e. The third-order valence-corrected chi connectivity index (χ3v) is 5.34. The Morgan fingerprint density at radius 1 is 1.21 bits per heavy atom. The second-order valence-electron chi connectivity index (χ2n) is 6.66. The molecule has 148 valence electrons. The summed E-state index contributed by atoms with van der Waals surface area (Å²) in [6.07, 6.45) is 7.59. The number of carbonyl (C=O) groups excluding carboxylic acids is 1. The van der Waals surface area contributed by atoms with Gasteiger partial charge >= 0.3 is 5.97 Å². The van der Waals surface area contributed by atoms with Crippen molar-refractivity contribution in [1.82, 2.24) is 24.8 Å². The molecule has 7 nitrogen and oxygen atoms in total. The first-order valence-corrected chi connectivity index (χ1v) is 9.72. The highest BCUT2D eigenvalue weighted by Crippen LogP contribution is 2.39. The molecular formula is C21H21N5O2S. The number of aromatic nitrogens is 3. The Labute approximate surface area is 174 Å². The summed E-state index contributed by atoms with van der Waals surface area (Å²) in [6.45, 7) is 0.449. The second kappa shape index (κ2) is 8.40. The van der Waals surface area contributed by atoms with E-state index in [4.69, 9.17) is 17.0 Å². The normalized spacial score (nSPS) is 18.5. The number of nitrogens with zero attached hydrogens (tertiary/aromatic N) is 4. The zero-order valence-corrected chi connectivity index (χ0v) is 16.7. The van der Waals surface area contributed by atoms with Gasteiger partial charge in [-0.05, 0) is 48.6 Å². The molecule has 1 aliphatic rings. The van der Waals surface area contributed by atoms with E-state index < -0.39 is 0 Å². The fraction of sp³-hybridized carbons (Fsp3) is 0.238. The predicted octanol–water partition coefficient (Wildman–Crippen LogP) is 2.80. The predicted molar refractivity (Wildman–Crippen MR) is 112 cm³/mol. The number of rotatable bonds is 6. The molecule has 0 unspecified atom stereocenters. The highest BCUT2D eigenvalue weighted by Gasteiger charge is 2.41. The van der Waals surface area contributed by atoms with E-state index in [9.17, 15) is 4.79 Å². The van der Waals surface area contributed by atoms with E-state index in [-0.39, 0.29) is 24.5 Å². The Morgan fingerprint density at radius 3 is 2.83 bits per heavy atom. The molecular weight excluding hydrogens is 386 g/mol. The van der Waals surface area contributed by atoms with Crippen molar-refractivity contribution in [2.45, 2.75) is 18.5 Å². The van der Waals surface area contributed by atoms with E-state index >= 15 is 0 Å². The lowest BCUT2D eigenvalue weighted by Gasteiger charge is -2.28. The van der Waals surface area contributed by atoms with Crippen LogP contribution in [0.1, 0.15) is 29.9 Å². The van der Waals surface area contributed by atoms with Crippen LogP contribution in [-0.4, -0.2) is 44.2 Å². The van der Waals surface area contributed by atoms with E-state index in [1.54, 1.807) is 12.4 Å². The Kier molecular flexibility index (Phi) is 5.53. The number of thiocarbonyl (C=S) groups is 1. The molecule has 1 N–H and O–H groups in total. The first kappa shape index (κ1) is 19.1. The lowest BCUT2D eigenvalue weighted by molar-refractivity contribution is -0.140. The summed E-state index contributed by atoms with van der Waals surface area (Å²) >= 11 is 5.63. The molecule has 1 aliphatic heterocycles. The number of methoxy groups -OCH3 is 1. The van der Waals surface area contributed by atoms with Crippen LogP contribution in [0.5, 0.6) is 0 Å². The summed E-state index contributed by atoms with van der Waals surface area (Å²) in [6, 6.07) is 13.5. The molecule has 1 fully saturated rings. The summed E-state index contributed by atoms with van der Waals surface area (Å²) in [5.41, 5.74) is 2.88. The highest BCUT2D eigenvalue weighted by molar-refractivity contribution is 7.80. The van der Waals surface area contributed by atoms with Gasteiger partial charge in [-0.25, -0.2) is 0 Å². The number of carbonyl (C=O) groups is 1. The van der Waals surface area contributed by atoms with Crippen molar-refractivity contribution in [3.05, 3.63) is 78.6 Å². The van der Waals surface area contributed by atoms with E-state index in [0.29, 0.717) is 11.7 Å². The topological polar surface area (TPSA) is 72.3 Å². The Balaban J connectivity index is 1.75. The summed E-state index contributed by atoms with van der Waals surface area (Å²) in [7, 11) is 1.39. The molecule has 29 heavy (non-hydrogen) atoms. The summed E-state index contributed by atoms with van der Waals surface area (Å²) < 4.78 is 6.91. The Morgan fingerprint density at radius 2 is 2.10 bits per heavy atom. The number of esters is 1. The zero-order chi connectivity index (χ0) is 20.2. The van der Waals surface area contributed by atoms with Gasteiger partial charge in [-0.3, -0.25) is 14.8 Å². The minimum atomic E-state index is -0.268. The molecule has 3 aromatic rings. The largest absolute Gasteiger partial charge is 0.469 e. The molecule has 4 heterocycles. The first-order chi connectivity index (χ1) is 14.2. The molecule has 0 spiro atoms. The third kappa shape index (κ3) is 3.84. The van der Waals surface area contributed by atoms with Crippen LogP contribution in [-0.2, 0) is 9.53 Å². The van der Waals surface area contributed by atoms with E-state index in [2.05, 4.69) is 25.9 Å². The fourth-order valence-electron chi connectivity index (χ4n) is 3.65. The molecule has 1 saturated heterocycles. The lowest BCUT2D eigenvalue weighted by Crippen LogP contribution is -2.32. The van der Waals surface area contributed by atoms with Gasteiger partial charge in [0.15, 0.2) is 5.11 Å². The van der Waals surface area contributed by atoms with Crippen molar-refractivity contribution in [3.63, 3.8) is 0 Å². The van der Waals surface area contributed by atoms with Crippen molar-refractivity contribution >= 4 is 23.3 Å². The van der Waals surface area contributed by atoms with E-state index in [1.165, 1.54) is 7.11 Å². The van der Waals surface area contributed by atoms with Crippen LogP contribution in [0.25, 0.3) is 5.69 Å². The highest BCUT2D eigenvalue weighted by atomic mass is 32.1. The second-order valence-corrected chi connectivity index (χ2v) is 7.05. The van der Waals surface area contributed by atoms with Crippen molar-refractivity contribution in [2.24, 2.45) is 0 Å². The quantitative estimate of drug-likeness (QED) is 0.498. The SMILES string of the molecule is COC(=O)CCN1C(=S)N[C@H](c2ccccn2)[C@H]1c1cccn1-c1cccnc1. The maximum Gasteiger partial charge on any atom is 0.307 e. The average Bonchev–Trinajstić information content (AvgIpc) is 3.37. The summed E-state index contributed by atoms with van der Waals surface area (Å²) in [5.74, 6) is -0.268. The molecule has 0 amide bonds. The number of pyridine rings is 2. The molecule has 0 radical (unpaired) electrons. The average molecular weight is 407 g/mol. The molecule has 8 heteroatoms. The van der Waals surface area contributed by atoms with Crippen LogP contribution in [0.3, 0.4) is 0 Å². The number of nitrogens with one attached hydrogen (secondary N) is 1. The molecule has 3 aromatic heterocycles. The van der Waals surface area contributed by atoms with Crippen molar-refractivity contribution in [1.29, 1.82) is 0 Å². The van der Waals surface area contributed by atoms with Crippen LogP contribution in [0.4, 0.5) is 0 Å². The summed E-state index contributed by atoms with van der Waals surface area (Å²) in [5, 5.41) is 3.98. The number of ether oxygens (including phenoxy) is 1. The van der Waals surface area contributed by atoms with Gasteiger partial charge in [-0.1, -0.05) is 6.07 Å². The molecule has 2 atom stereocenters. The Bertz CT molecular complexity index is 993. The standard InChI is InChI=1S/C21H21N5O2S/c1-28-18(27)9-13-26-20(19(24-21(26)29)16-7-2-3-11-23-16)17-8-5-12-25(17)15-6-4-10-22-14-15/h2-8,10-12,14,19-20H,9,13H2,1H3,(H,24,29)/t19-,20-/m1/s1. The van der Waals surface area contributed by atoms with Gasteiger partial charge in [0.05, 0.1) is 43.2 Å². The van der Waals surface area contributed by atoms with Gasteiger partial charge < -0.3 is 19.5 Å². The van der Waals surface area contributed by atoms with Crippen molar-refractivity contribution in [2.75, 3.05) is 13.7 Å². The fourth-order valence-corrected chi connectivity index (χ4v) is 3.98. The number of hydrogen-bond acceptors (Lipinski definition) is 5. The number of hydrogen-bond donors (Lipinski definition) is 1. The molecule has 0 saturated carbocycles. The maximum absolute atomic E-state index is 11.8. The minimum Gasteiger partial charge on any atom is -0.469 e. The van der Waals surface area contributed by atoms with Crippen LogP contribution < -0.4 is 5.32 Å². The van der Waals surface area contributed by atoms with Crippen LogP contribution in [0.15, 0.2) is 67.3 Å². The van der Waals surface area contributed by atoms with Crippen LogP contribution in [0, 0.1) is 0 Å². The first-order valence-electron chi connectivity index (χ1n) is 9.31. The van der Waals surface area contributed by atoms with Gasteiger partial charge in [0.1, 0.15) is 0 Å². The zero-order valence-electron chi connectivity index (χ0n) is 15.9. The monoisotopic (exact) mass is 407 g/mol. The van der Waals surface area contributed by atoms with Crippen LogP contribution in [0.2, 0.25) is 0 Å². The Hall–Kier alpha value is -3.26. The van der Waals surface area contributed by atoms with Crippen molar-refractivity contribution < 1.29 is 9.53 Å². The van der Waals surface area contributed by atoms with E-state index in [1.807, 2.05) is 53.7 Å². The molecule has 0 aliphatic carbocycles. The van der Waals surface area contributed by atoms with Gasteiger partial charge in [-0.2, -0.15) is 0 Å². The summed E-state index contributed by atoms with van der Waals surface area (Å²) in [4.78, 5) is 22.6. The van der Waals surface area contributed by atoms with Crippen molar-refractivity contribution in [3.8, 4) is 5.69 Å². The third-order valence-electron chi connectivity index (χ3n) is 4.99. The van der Waals surface area contributed by atoms with E-state index in [0.717, 1.165) is 17.1 Å². The lowest BCUT2D eigenvalue weighted by atomic mass is 10.0. The van der Waals surface area contributed by atoms with Gasteiger partial charge in [0, 0.05) is 30.8 Å². The van der Waals surface area contributed by atoms with Gasteiger partial charge in [-0.15, -0.1) is 0 Å². The van der Waals surface area contributed by atoms with Crippen LogP contribution >= 0.6 is 12.2 Å². The van der Waals surface area contributed by atoms with Gasteiger partial charge in [0.25, 0.3) is 0 Å².